The molecule has 0 atom stereocenters. The van der Waals surface area contributed by atoms with Crippen molar-refractivity contribution in [1.29, 1.82) is 10.5 Å². The first-order valence-corrected chi connectivity index (χ1v) is 16.8. The van der Waals surface area contributed by atoms with Crippen molar-refractivity contribution in [2.45, 2.75) is 52.4 Å². The predicted octanol–water partition coefficient (Wildman–Crippen LogP) is 12.1. The topological polar surface area (TPSA) is 52.5 Å². The van der Waals surface area contributed by atoms with Gasteiger partial charge in [0.05, 0.1) is 22.2 Å². The molecule has 0 saturated carbocycles. The Labute approximate surface area is 289 Å². The molecular weight excluding hydrogens is 595 g/mol. The highest BCUT2D eigenvalue weighted by molar-refractivity contribution is 6.10. The van der Waals surface area contributed by atoms with Crippen molar-refractivity contribution in [2.24, 2.45) is 0 Å². The van der Waals surface area contributed by atoms with Crippen LogP contribution in [0.5, 0.6) is 0 Å². The number of nitrogens with zero attached hydrogens (tertiary/aromatic N) is 3. The first-order chi connectivity index (χ1) is 23.5. The molecule has 6 aromatic carbocycles. The lowest BCUT2D eigenvalue weighted by Crippen LogP contribution is -2.10. The van der Waals surface area contributed by atoms with Gasteiger partial charge in [0.2, 0.25) is 0 Å². The molecule has 0 aliphatic rings. The third kappa shape index (κ3) is 5.69. The molecule has 0 bridgehead atoms. The Morgan fingerprint density at radius 3 is 1.37 bits per heavy atom. The van der Waals surface area contributed by atoms with Crippen LogP contribution in [-0.2, 0) is 10.8 Å². The molecule has 238 valence electrons. The first-order valence-electron chi connectivity index (χ1n) is 16.8. The van der Waals surface area contributed by atoms with E-state index in [2.05, 4.69) is 155 Å². The second kappa shape index (κ2) is 12.0. The van der Waals surface area contributed by atoms with Crippen molar-refractivity contribution in [3.8, 4) is 51.2 Å². The minimum Gasteiger partial charge on any atom is -0.309 e. The molecule has 1 heterocycles. The summed E-state index contributed by atoms with van der Waals surface area (Å²) in [4.78, 5) is 0. The van der Waals surface area contributed by atoms with Gasteiger partial charge in [-0.25, -0.2) is 0 Å². The van der Waals surface area contributed by atoms with Crippen molar-refractivity contribution in [2.75, 3.05) is 0 Å². The van der Waals surface area contributed by atoms with Gasteiger partial charge in [-0.3, -0.25) is 0 Å². The molecule has 0 radical (unpaired) electrons. The average Bonchev–Trinajstić information content (AvgIpc) is 3.44. The summed E-state index contributed by atoms with van der Waals surface area (Å²) in [6.07, 6.45) is 0. The van der Waals surface area contributed by atoms with Gasteiger partial charge in [0.25, 0.3) is 0 Å². The minimum atomic E-state index is 0.0102. The van der Waals surface area contributed by atoms with Crippen LogP contribution in [0.2, 0.25) is 0 Å². The quantitative estimate of drug-likeness (QED) is 0.194. The zero-order valence-corrected chi connectivity index (χ0v) is 29.0. The van der Waals surface area contributed by atoms with Crippen LogP contribution >= 0.6 is 0 Å². The third-order valence-electron chi connectivity index (χ3n) is 9.60. The summed E-state index contributed by atoms with van der Waals surface area (Å²) in [7, 11) is 0. The largest absolute Gasteiger partial charge is 0.309 e. The van der Waals surface area contributed by atoms with Crippen LogP contribution in [0.3, 0.4) is 0 Å². The SMILES string of the molecule is CC(C)(C)c1ccc2c(c1)c1cc(C(C)(C)C)ccc1n2-c1cc(-c2ccccc2)c(-c2ccc(C#N)c(C#N)c2)c(-c2ccccc2)c1. The molecule has 7 aromatic rings. The van der Waals surface area contributed by atoms with Crippen molar-refractivity contribution in [3.63, 3.8) is 0 Å². The normalized spacial score (nSPS) is 11.8. The van der Waals surface area contributed by atoms with Crippen molar-refractivity contribution in [3.05, 3.63) is 150 Å². The number of aromatic nitrogens is 1. The average molecular weight is 634 g/mol. The van der Waals surface area contributed by atoms with Crippen molar-refractivity contribution in [1.82, 2.24) is 4.57 Å². The van der Waals surface area contributed by atoms with Crippen molar-refractivity contribution >= 4 is 21.8 Å². The van der Waals surface area contributed by atoms with Crippen LogP contribution in [0.25, 0.3) is 60.9 Å². The lowest BCUT2D eigenvalue weighted by atomic mass is 9.85. The minimum absolute atomic E-state index is 0.0102. The Morgan fingerprint density at radius 1 is 0.469 bits per heavy atom. The van der Waals surface area contributed by atoms with Crippen LogP contribution in [0.4, 0.5) is 0 Å². The first kappa shape index (κ1) is 31.7. The molecule has 1 aromatic heterocycles. The number of benzene rings is 6. The number of rotatable bonds is 4. The number of hydrogen-bond donors (Lipinski definition) is 0. The van der Waals surface area contributed by atoms with E-state index in [1.165, 1.54) is 21.9 Å². The fourth-order valence-corrected chi connectivity index (χ4v) is 6.88. The van der Waals surface area contributed by atoms with Gasteiger partial charge in [0, 0.05) is 16.5 Å². The molecule has 0 saturated heterocycles. The Morgan fingerprint density at radius 2 is 0.939 bits per heavy atom. The van der Waals surface area contributed by atoms with E-state index in [9.17, 15) is 10.5 Å². The molecule has 0 amide bonds. The smallest absolute Gasteiger partial charge is 0.101 e. The van der Waals surface area contributed by atoms with E-state index in [1.807, 2.05) is 24.3 Å². The highest BCUT2D eigenvalue weighted by Gasteiger charge is 2.23. The highest BCUT2D eigenvalue weighted by atomic mass is 15.0. The van der Waals surface area contributed by atoms with Crippen molar-refractivity contribution < 1.29 is 0 Å². The summed E-state index contributed by atoms with van der Waals surface area (Å²) in [5, 5.41) is 22.2. The lowest BCUT2D eigenvalue weighted by molar-refractivity contribution is 0.590. The van der Waals surface area contributed by atoms with Gasteiger partial charge in [0.15, 0.2) is 0 Å². The molecule has 7 rings (SSSR count). The van der Waals surface area contributed by atoms with Gasteiger partial charge < -0.3 is 4.57 Å². The van der Waals surface area contributed by atoms with E-state index < -0.39 is 0 Å². The van der Waals surface area contributed by atoms with Crippen LogP contribution in [0.15, 0.2) is 127 Å². The zero-order valence-electron chi connectivity index (χ0n) is 29.0. The maximum atomic E-state index is 10.00. The third-order valence-corrected chi connectivity index (χ3v) is 9.60. The van der Waals surface area contributed by atoms with E-state index in [-0.39, 0.29) is 10.8 Å². The molecular formula is C46H39N3. The fourth-order valence-electron chi connectivity index (χ4n) is 6.88. The monoisotopic (exact) mass is 633 g/mol. The standard InChI is InChI=1S/C46H39N3/c1-45(2,3)35-19-21-42-40(24-35)41-25-36(46(4,5)6)20-22-43(41)49(42)37-26-38(30-13-9-7-10-14-30)44(39(27-37)31-15-11-8-12-16-31)32-17-18-33(28-47)34(23-32)29-48/h7-27H,1-6H3. The lowest BCUT2D eigenvalue weighted by Gasteiger charge is -2.21. The molecule has 0 aliphatic heterocycles. The van der Waals surface area contributed by atoms with Crippen LogP contribution in [0.1, 0.15) is 63.8 Å². The molecule has 3 nitrogen and oxygen atoms in total. The van der Waals surface area contributed by atoms with Gasteiger partial charge in [-0.2, -0.15) is 10.5 Å². The maximum Gasteiger partial charge on any atom is 0.101 e. The maximum absolute atomic E-state index is 10.00. The van der Waals surface area contributed by atoms with Gasteiger partial charge in [-0.1, -0.05) is 120 Å². The number of nitriles is 2. The van der Waals surface area contributed by atoms with E-state index in [0.29, 0.717) is 11.1 Å². The molecule has 0 N–H and O–H groups in total. The summed E-state index contributed by atoms with van der Waals surface area (Å²) in [5.74, 6) is 0. The Kier molecular flexibility index (Phi) is 7.74. The summed E-state index contributed by atoms with van der Waals surface area (Å²) >= 11 is 0. The number of hydrogen-bond acceptors (Lipinski definition) is 2. The Bertz CT molecular complexity index is 2320. The molecule has 49 heavy (non-hydrogen) atoms. The van der Waals surface area contributed by atoms with E-state index in [4.69, 9.17) is 0 Å². The summed E-state index contributed by atoms with van der Waals surface area (Å²) in [5.41, 5.74) is 12.9. The van der Waals surface area contributed by atoms with Crippen LogP contribution in [-0.4, -0.2) is 4.57 Å². The fraction of sp³-hybridized carbons (Fsp3) is 0.174. The molecule has 0 aliphatic carbocycles. The second-order valence-electron chi connectivity index (χ2n) is 14.9. The van der Waals surface area contributed by atoms with Gasteiger partial charge in [0.1, 0.15) is 12.1 Å². The zero-order chi connectivity index (χ0) is 34.5. The van der Waals surface area contributed by atoms with E-state index in [0.717, 1.165) is 50.1 Å². The van der Waals surface area contributed by atoms with Crippen LogP contribution < -0.4 is 0 Å². The Hall–Kier alpha value is -5.90. The second-order valence-corrected chi connectivity index (χ2v) is 14.9. The summed E-state index contributed by atoms with van der Waals surface area (Å²) in [6, 6.07) is 49.4. The molecule has 0 unspecified atom stereocenters. The molecule has 0 spiro atoms. The van der Waals surface area contributed by atoms with E-state index >= 15 is 0 Å². The molecule has 0 fully saturated rings. The van der Waals surface area contributed by atoms with Gasteiger partial charge in [-0.05, 0) is 104 Å². The predicted molar refractivity (Wildman–Crippen MR) is 204 cm³/mol. The van der Waals surface area contributed by atoms with Gasteiger partial charge in [-0.15, -0.1) is 0 Å². The van der Waals surface area contributed by atoms with Gasteiger partial charge >= 0.3 is 0 Å². The van der Waals surface area contributed by atoms with Crippen LogP contribution in [0, 0.1) is 22.7 Å². The Balaban J connectivity index is 1.63. The number of fused-ring (bicyclic) bond motifs is 3. The highest BCUT2D eigenvalue weighted by Crippen LogP contribution is 2.45. The summed E-state index contributed by atoms with van der Waals surface area (Å²) < 4.78 is 2.41. The summed E-state index contributed by atoms with van der Waals surface area (Å²) in [6.45, 7) is 13.6. The molecule has 3 heteroatoms. The van der Waals surface area contributed by atoms with E-state index in [1.54, 1.807) is 6.07 Å².